The van der Waals surface area contributed by atoms with E-state index in [-0.39, 0.29) is 0 Å². The lowest BCUT2D eigenvalue weighted by atomic mass is 9.74. The van der Waals surface area contributed by atoms with Crippen molar-refractivity contribution >= 4 is 12.6 Å². The zero-order valence-electron chi connectivity index (χ0n) is 16.9. The lowest BCUT2D eigenvalue weighted by Crippen LogP contribution is -2.53. The van der Waals surface area contributed by atoms with Gasteiger partial charge in [-0.1, -0.05) is 78.9 Å². The molecule has 0 heterocycles. The second-order valence-electron chi connectivity index (χ2n) is 8.08. The highest BCUT2D eigenvalue weighted by Crippen LogP contribution is 2.32. The molecule has 0 aliphatic rings. The van der Waals surface area contributed by atoms with Crippen molar-refractivity contribution in [3.63, 3.8) is 0 Å². The Hall–Kier alpha value is -2.40. The molecule has 4 heteroatoms. The fraction of sp³-hybridized carbons (Fsp3) is 0.250. The fourth-order valence-electron chi connectivity index (χ4n) is 2.93. The van der Waals surface area contributed by atoms with E-state index in [1.54, 1.807) is 27.7 Å². The summed E-state index contributed by atoms with van der Waals surface area (Å²) in [4.78, 5) is 0. The van der Waals surface area contributed by atoms with Gasteiger partial charge in [0.05, 0.1) is 11.2 Å². The topological polar surface area (TPSA) is 49.7 Å². The van der Waals surface area contributed by atoms with Gasteiger partial charge in [-0.15, -0.1) is 0 Å². The van der Waals surface area contributed by atoms with Crippen molar-refractivity contribution in [3.05, 3.63) is 78.9 Å². The molecule has 0 unspecified atom stereocenters. The average Bonchev–Trinajstić information content (AvgIpc) is 2.67. The van der Waals surface area contributed by atoms with Crippen LogP contribution in [0.15, 0.2) is 78.9 Å². The van der Waals surface area contributed by atoms with Crippen LogP contribution in [0.5, 0.6) is 0 Å². The smallest absolute Gasteiger partial charge is 0.423 e. The molecule has 0 saturated carbocycles. The van der Waals surface area contributed by atoms with Crippen LogP contribution in [0.25, 0.3) is 22.3 Å². The van der Waals surface area contributed by atoms with Crippen molar-refractivity contribution in [1.29, 1.82) is 0 Å². The molecule has 0 fully saturated rings. The Bertz CT molecular complexity index is 916. The quantitative estimate of drug-likeness (QED) is 0.634. The molecule has 2 N–H and O–H groups in total. The fourth-order valence-corrected chi connectivity index (χ4v) is 2.93. The summed E-state index contributed by atoms with van der Waals surface area (Å²) in [7, 11) is -1.14. The molecule has 0 amide bonds. The monoisotopic (exact) mass is 374 g/mol. The lowest BCUT2D eigenvalue weighted by molar-refractivity contribution is -0.0982. The molecule has 0 atom stereocenters. The molecular formula is C24H27BO3. The van der Waals surface area contributed by atoms with Crippen LogP contribution in [0.1, 0.15) is 27.7 Å². The van der Waals surface area contributed by atoms with Crippen molar-refractivity contribution in [2.75, 3.05) is 0 Å². The summed E-state index contributed by atoms with van der Waals surface area (Å²) in [6.07, 6.45) is 0. The van der Waals surface area contributed by atoms with E-state index >= 15 is 0 Å². The van der Waals surface area contributed by atoms with E-state index in [1.165, 1.54) is 0 Å². The maximum absolute atomic E-state index is 10.7. The molecule has 3 nitrogen and oxygen atoms in total. The second kappa shape index (κ2) is 7.92. The number of benzene rings is 3. The van der Waals surface area contributed by atoms with Gasteiger partial charge in [0, 0.05) is 0 Å². The molecule has 3 aromatic rings. The third-order valence-corrected chi connectivity index (χ3v) is 5.38. The van der Waals surface area contributed by atoms with Crippen molar-refractivity contribution in [2.45, 2.75) is 38.9 Å². The molecule has 0 aliphatic carbocycles. The standard InChI is InChI=1S/C24H27BO3/c1-23(2,26)24(3,4)28-25(27)20-15-16-21(18-11-7-5-8-12-18)22(17-20)19-13-9-6-10-14-19/h5-17,26-27H,1-4H3. The summed E-state index contributed by atoms with van der Waals surface area (Å²) in [6.45, 7) is 6.89. The summed E-state index contributed by atoms with van der Waals surface area (Å²) in [5.41, 5.74) is 2.92. The highest BCUT2D eigenvalue weighted by Gasteiger charge is 2.39. The van der Waals surface area contributed by atoms with Crippen molar-refractivity contribution in [1.82, 2.24) is 0 Å². The Balaban J connectivity index is 2.04. The van der Waals surface area contributed by atoms with Crippen LogP contribution in [0.3, 0.4) is 0 Å². The molecule has 28 heavy (non-hydrogen) atoms. The van der Waals surface area contributed by atoms with Crippen LogP contribution < -0.4 is 5.46 Å². The molecule has 0 bridgehead atoms. The van der Waals surface area contributed by atoms with Gasteiger partial charge in [0.2, 0.25) is 0 Å². The van der Waals surface area contributed by atoms with Gasteiger partial charge in [0.15, 0.2) is 0 Å². The third-order valence-electron chi connectivity index (χ3n) is 5.38. The summed E-state index contributed by atoms with van der Waals surface area (Å²) >= 11 is 0. The van der Waals surface area contributed by atoms with Crippen LogP contribution >= 0.6 is 0 Å². The Morgan fingerprint density at radius 1 is 0.714 bits per heavy atom. The molecule has 0 spiro atoms. The minimum atomic E-state index is -1.14. The Kier molecular flexibility index (Phi) is 5.75. The molecular weight excluding hydrogens is 347 g/mol. The zero-order valence-corrected chi connectivity index (χ0v) is 16.9. The van der Waals surface area contributed by atoms with Crippen molar-refractivity contribution < 1.29 is 14.8 Å². The van der Waals surface area contributed by atoms with Crippen LogP contribution in [-0.2, 0) is 4.65 Å². The van der Waals surface area contributed by atoms with E-state index in [1.807, 2.05) is 54.6 Å². The number of hydrogen-bond donors (Lipinski definition) is 2. The molecule has 0 saturated heterocycles. The largest absolute Gasteiger partial charge is 0.491 e. The van der Waals surface area contributed by atoms with Crippen LogP contribution in [0.4, 0.5) is 0 Å². The van der Waals surface area contributed by atoms with Crippen LogP contribution in [0.2, 0.25) is 0 Å². The van der Waals surface area contributed by atoms with Crippen LogP contribution in [-0.4, -0.2) is 28.5 Å². The van der Waals surface area contributed by atoms with Crippen LogP contribution in [0, 0.1) is 0 Å². The molecule has 3 aromatic carbocycles. The molecule has 0 aliphatic heterocycles. The van der Waals surface area contributed by atoms with E-state index in [9.17, 15) is 10.1 Å². The van der Waals surface area contributed by atoms with E-state index in [4.69, 9.17) is 4.65 Å². The molecule has 0 aromatic heterocycles. The lowest BCUT2D eigenvalue weighted by Gasteiger charge is -2.38. The van der Waals surface area contributed by atoms with E-state index < -0.39 is 18.3 Å². The summed E-state index contributed by atoms with van der Waals surface area (Å²) in [5.74, 6) is 0. The van der Waals surface area contributed by atoms with Gasteiger partial charge in [-0.25, -0.2) is 0 Å². The Morgan fingerprint density at radius 2 is 1.21 bits per heavy atom. The van der Waals surface area contributed by atoms with Gasteiger partial charge >= 0.3 is 7.12 Å². The van der Waals surface area contributed by atoms with Gasteiger partial charge in [0.25, 0.3) is 0 Å². The normalized spacial score (nSPS) is 12.1. The Labute approximate surface area is 167 Å². The number of rotatable bonds is 6. The van der Waals surface area contributed by atoms with Gasteiger partial charge < -0.3 is 14.8 Å². The first kappa shape index (κ1) is 20.3. The van der Waals surface area contributed by atoms with Gasteiger partial charge in [-0.3, -0.25) is 0 Å². The zero-order chi connectivity index (χ0) is 20.4. The number of hydrogen-bond acceptors (Lipinski definition) is 3. The maximum atomic E-state index is 10.7. The first-order valence-corrected chi connectivity index (χ1v) is 9.52. The Morgan fingerprint density at radius 3 is 1.71 bits per heavy atom. The SMILES string of the molecule is CC(C)(O)C(C)(C)OB(O)c1ccc(-c2ccccc2)c(-c2ccccc2)c1. The van der Waals surface area contributed by atoms with E-state index in [0.717, 1.165) is 22.3 Å². The average molecular weight is 374 g/mol. The summed E-state index contributed by atoms with van der Waals surface area (Å²) in [5, 5.41) is 21.0. The first-order chi connectivity index (χ1) is 13.2. The predicted molar refractivity (Wildman–Crippen MR) is 116 cm³/mol. The highest BCUT2D eigenvalue weighted by molar-refractivity contribution is 6.60. The van der Waals surface area contributed by atoms with E-state index in [2.05, 4.69) is 24.3 Å². The molecule has 144 valence electrons. The minimum absolute atomic E-state index is 0.649. The molecule has 3 rings (SSSR count). The van der Waals surface area contributed by atoms with Gasteiger partial charge in [-0.2, -0.15) is 0 Å². The minimum Gasteiger partial charge on any atom is -0.423 e. The maximum Gasteiger partial charge on any atom is 0.491 e. The summed E-state index contributed by atoms with van der Waals surface area (Å²) < 4.78 is 5.83. The van der Waals surface area contributed by atoms with Crippen molar-refractivity contribution in [2.24, 2.45) is 0 Å². The van der Waals surface area contributed by atoms with Crippen molar-refractivity contribution in [3.8, 4) is 22.3 Å². The first-order valence-electron chi connectivity index (χ1n) is 9.52. The van der Waals surface area contributed by atoms with Gasteiger partial charge in [-0.05, 0) is 55.4 Å². The highest BCUT2D eigenvalue weighted by atomic mass is 16.5. The second-order valence-corrected chi connectivity index (χ2v) is 8.08. The van der Waals surface area contributed by atoms with Gasteiger partial charge in [0.1, 0.15) is 0 Å². The van der Waals surface area contributed by atoms with E-state index in [0.29, 0.717) is 5.46 Å². The predicted octanol–water partition coefficient (Wildman–Crippen LogP) is 4.27. The summed E-state index contributed by atoms with van der Waals surface area (Å²) in [6, 6.07) is 26.1. The number of aliphatic hydroxyl groups is 1. The molecule has 0 radical (unpaired) electrons. The third kappa shape index (κ3) is 4.36.